The first-order valence-corrected chi connectivity index (χ1v) is 6.74. The Labute approximate surface area is 109 Å². The first kappa shape index (κ1) is 13.1. The number of nitrogens with two attached hydrogens (primary N) is 1. The summed E-state index contributed by atoms with van der Waals surface area (Å²) >= 11 is 0. The van der Waals surface area contributed by atoms with Crippen molar-refractivity contribution in [3.8, 4) is 0 Å². The van der Waals surface area contributed by atoms with Crippen LogP contribution in [0.3, 0.4) is 0 Å². The minimum atomic E-state index is 0.000107. The van der Waals surface area contributed by atoms with E-state index in [-0.39, 0.29) is 17.9 Å². The van der Waals surface area contributed by atoms with Crippen molar-refractivity contribution in [2.24, 2.45) is 18.7 Å². The van der Waals surface area contributed by atoms with Crippen LogP contribution in [0.5, 0.6) is 0 Å². The summed E-state index contributed by atoms with van der Waals surface area (Å²) in [6, 6.07) is 4.15. The van der Waals surface area contributed by atoms with E-state index < -0.39 is 0 Å². The van der Waals surface area contributed by atoms with Crippen molar-refractivity contribution >= 4 is 5.91 Å². The summed E-state index contributed by atoms with van der Waals surface area (Å²) in [6.45, 7) is 2.65. The van der Waals surface area contributed by atoms with E-state index in [0.29, 0.717) is 6.54 Å². The summed E-state index contributed by atoms with van der Waals surface area (Å²) in [5.74, 6) is 0.112. The third kappa shape index (κ3) is 2.75. The maximum absolute atomic E-state index is 12.1. The van der Waals surface area contributed by atoms with Crippen LogP contribution in [0.15, 0.2) is 12.1 Å². The predicted octanol–water partition coefficient (Wildman–Crippen LogP) is 1.47. The molecule has 2 rings (SSSR count). The Morgan fingerprint density at radius 3 is 2.78 bits per heavy atom. The van der Waals surface area contributed by atoms with E-state index in [9.17, 15) is 4.79 Å². The largest absolute Gasteiger partial charge is 0.350 e. The monoisotopic (exact) mass is 249 g/mol. The van der Waals surface area contributed by atoms with Crippen LogP contribution in [0.25, 0.3) is 0 Å². The minimum Gasteiger partial charge on any atom is -0.350 e. The predicted molar refractivity (Wildman–Crippen MR) is 71.9 cm³/mol. The average Bonchev–Trinajstić information content (AvgIpc) is 2.68. The summed E-state index contributed by atoms with van der Waals surface area (Å²) in [4.78, 5) is 12.1. The molecule has 2 atom stereocenters. The summed E-state index contributed by atoms with van der Waals surface area (Å²) < 4.78 is 2.10. The van der Waals surface area contributed by atoms with E-state index in [2.05, 4.69) is 28.9 Å². The van der Waals surface area contributed by atoms with Crippen molar-refractivity contribution in [3.63, 3.8) is 0 Å². The van der Waals surface area contributed by atoms with Crippen LogP contribution in [-0.2, 0) is 18.4 Å². The fourth-order valence-corrected chi connectivity index (χ4v) is 2.64. The number of hydrogen-bond donors (Lipinski definition) is 2. The van der Waals surface area contributed by atoms with Gasteiger partial charge in [-0.3, -0.25) is 4.79 Å². The molecule has 1 aromatic heterocycles. The van der Waals surface area contributed by atoms with Crippen molar-refractivity contribution in [1.29, 1.82) is 0 Å². The molecule has 4 heteroatoms. The fourth-order valence-electron chi connectivity index (χ4n) is 2.64. The van der Waals surface area contributed by atoms with Crippen LogP contribution in [0.2, 0.25) is 0 Å². The van der Waals surface area contributed by atoms with Crippen molar-refractivity contribution in [2.75, 3.05) is 0 Å². The molecule has 100 valence electrons. The van der Waals surface area contributed by atoms with Gasteiger partial charge in [-0.15, -0.1) is 0 Å². The second-order valence-electron chi connectivity index (χ2n) is 5.30. The second-order valence-corrected chi connectivity index (χ2v) is 5.30. The summed E-state index contributed by atoms with van der Waals surface area (Å²) in [5.41, 5.74) is 8.35. The maximum atomic E-state index is 12.1. The van der Waals surface area contributed by atoms with Gasteiger partial charge in [0.05, 0.1) is 12.5 Å². The maximum Gasteiger partial charge on any atom is 0.224 e. The Bertz CT molecular complexity index is 425. The number of carbonyl (C=O) groups excluding carboxylic acids is 1. The number of aromatic nitrogens is 1. The highest BCUT2D eigenvalue weighted by atomic mass is 16.1. The topological polar surface area (TPSA) is 60.1 Å². The van der Waals surface area contributed by atoms with Gasteiger partial charge in [0, 0.05) is 24.5 Å². The smallest absolute Gasteiger partial charge is 0.224 e. The van der Waals surface area contributed by atoms with Crippen LogP contribution in [0.4, 0.5) is 0 Å². The third-order valence-corrected chi connectivity index (χ3v) is 4.08. The lowest BCUT2D eigenvalue weighted by Crippen LogP contribution is -2.43. The van der Waals surface area contributed by atoms with Gasteiger partial charge in [0.2, 0.25) is 5.91 Å². The number of rotatable bonds is 3. The van der Waals surface area contributed by atoms with E-state index in [1.54, 1.807) is 0 Å². The number of nitrogens with one attached hydrogen (secondary N) is 1. The van der Waals surface area contributed by atoms with Crippen LogP contribution in [0, 0.1) is 12.8 Å². The molecular weight excluding hydrogens is 226 g/mol. The molecule has 2 unspecified atom stereocenters. The average molecular weight is 249 g/mol. The summed E-state index contributed by atoms with van der Waals surface area (Å²) in [6.07, 6.45) is 4.18. The van der Waals surface area contributed by atoms with Gasteiger partial charge >= 0.3 is 0 Å². The van der Waals surface area contributed by atoms with Crippen molar-refractivity contribution in [1.82, 2.24) is 9.88 Å². The first-order chi connectivity index (χ1) is 8.59. The number of hydrogen-bond acceptors (Lipinski definition) is 2. The first-order valence-electron chi connectivity index (χ1n) is 6.74. The van der Waals surface area contributed by atoms with Gasteiger partial charge in [0.25, 0.3) is 0 Å². The molecule has 1 aromatic rings. The van der Waals surface area contributed by atoms with E-state index in [1.807, 2.05) is 7.05 Å². The molecule has 1 aliphatic rings. The fraction of sp³-hybridized carbons (Fsp3) is 0.643. The molecule has 4 nitrogen and oxygen atoms in total. The third-order valence-electron chi connectivity index (χ3n) is 4.08. The lowest BCUT2D eigenvalue weighted by molar-refractivity contribution is -0.126. The number of carbonyl (C=O) groups is 1. The Kier molecular flexibility index (Phi) is 4.07. The number of amides is 1. The van der Waals surface area contributed by atoms with E-state index >= 15 is 0 Å². The molecule has 3 N–H and O–H groups in total. The Morgan fingerprint density at radius 2 is 2.17 bits per heavy atom. The SMILES string of the molecule is Cc1ccc(CNC(=O)C2CCCCC2N)n1C. The molecule has 1 fully saturated rings. The van der Waals surface area contributed by atoms with Crippen LogP contribution in [-0.4, -0.2) is 16.5 Å². The van der Waals surface area contributed by atoms with Gasteiger partial charge in [-0.2, -0.15) is 0 Å². The van der Waals surface area contributed by atoms with E-state index in [0.717, 1.165) is 31.4 Å². The van der Waals surface area contributed by atoms with E-state index in [1.165, 1.54) is 5.69 Å². The van der Waals surface area contributed by atoms with Gasteiger partial charge in [-0.1, -0.05) is 12.8 Å². The second kappa shape index (κ2) is 5.57. The van der Waals surface area contributed by atoms with Gasteiger partial charge < -0.3 is 15.6 Å². The molecule has 0 spiro atoms. The molecule has 0 bridgehead atoms. The molecule has 0 radical (unpaired) electrons. The summed E-state index contributed by atoms with van der Waals surface area (Å²) in [5, 5.41) is 3.01. The molecule has 1 aliphatic carbocycles. The zero-order valence-corrected chi connectivity index (χ0v) is 11.3. The highest BCUT2D eigenvalue weighted by Crippen LogP contribution is 2.23. The molecule has 1 heterocycles. The zero-order chi connectivity index (χ0) is 13.1. The molecule has 1 amide bonds. The Morgan fingerprint density at radius 1 is 1.44 bits per heavy atom. The number of nitrogens with zero attached hydrogens (tertiary/aromatic N) is 1. The lowest BCUT2D eigenvalue weighted by atomic mass is 9.84. The molecular formula is C14H23N3O. The normalized spacial score (nSPS) is 23.9. The van der Waals surface area contributed by atoms with Crippen molar-refractivity contribution in [3.05, 3.63) is 23.5 Å². The van der Waals surface area contributed by atoms with Crippen LogP contribution >= 0.6 is 0 Å². The highest BCUT2D eigenvalue weighted by molar-refractivity contribution is 5.79. The molecule has 1 saturated carbocycles. The number of aryl methyl sites for hydroxylation is 1. The Balaban J connectivity index is 1.90. The standard InChI is InChI=1S/C14H23N3O/c1-10-7-8-11(17(10)2)9-16-14(18)12-5-3-4-6-13(12)15/h7-8,12-13H,3-6,9,15H2,1-2H3,(H,16,18). The molecule has 18 heavy (non-hydrogen) atoms. The molecule has 0 aliphatic heterocycles. The molecule has 0 aromatic carbocycles. The summed E-state index contributed by atoms with van der Waals surface area (Å²) in [7, 11) is 2.02. The molecule has 0 saturated heterocycles. The van der Waals surface area contributed by atoms with Gasteiger partial charge in [0.15, 0.2) is 0 Å². The van der Waals surface area contributed by atoms with Gasteiger partial charge in [0.1, 0.15) is 0 Å². The highest BCUT2D eigenvalue weighted by Gasteiger charge is 2.27. The van der Waals surface area contributed by atoms with E-state index in [4.69, 9.17) is 5.73 Å². The van der Waals surface area contributed by atoms with Crippen LogP contribution < -0.4 is 11.1 Å². The van der Waals surface area contributed by atoms with Gasteiger partial charge in [-0.05, 0) is 31.9 Å². The zero-order valence-electron chi connectivity index (χ0n) is 11.3. The minimum absolute atomic E-state index is 0.000107. The lowest BCUT2D eigenvalue weighted by Gasteiger charge is -2.27. The van der Waals surface area contributed by atoms with Crippen LogP contribution in [0.1, 0.15) is 37.1 Å². The van der Waals surface area contributed by atoms with Crippen molar-refractivity contribution < 1.29 is 4.79 Å². The Hall–Kier alpha value is -1.29. The van der Waals surface area contributed by atoms with Crippen molar-refractivity contribution in [2.45, 2.75) is 45.2 Å². The van der Waals surface area contributed by atoms with Gasteiger partial charge in [-0.25, -0.2) is 0 Å². The quantitative estimate of drug-likeness (QED) is 0.852.